The highest BCUT2D eigenvalue weighted by atomic mass is 31.2. The minimum Gasteiger partial charge on any atom is -0.462 e. The normalized spacial score (nSPS) is 20.8. The minimum absolute atomic E-state index is 0.0730. The van der Waals surface area contributed by atoms with Gasteiger partial charge in [-0.2, -0.15) is 0 Å². The number of hydrogen-bond acceptors (Lipinski definition) is 9. The molecule has 1 rings (SSSR count). The number of hydrogen-bond donors (Lipinski definition) is 5. The number of rotatable bonds is 31. The van der Waals surface area contributed by atoms with Crippen molar-refractivity contribution >= 4 is 19.8 Å². The van der Waals surface area contributed by atoms with Crippen molar-refractivity contribution in [2.24, 2.45) is 11.8 Å². The molecular weight excluding hydrogens is 723 g/mol. The first-order chi connectivity index (χ1) is 26.5. The summed E-state index contributed by atoms with van der Waals surface area (Å²) in [4.78, 5) is 43.0. The van der Waals surface area contributed by atoms with Crippen LogP contribution >= 0.6 is 7.82 Å². The molecule has 1 aliphatic carbocycles. The summed E-state index contributed by atoms with van der Waals surface area (Å²) < 4.78 is 26.2. The molecule has 1 aliphatic rings. The van der Waals surface area contributed by atoms with E-state index in [2.05, 4.69) is 60.9 Å². The second kappa shape index (κ2) is 32.2. The average Bonchev–Trinajstić information content (AvgIpc) is 3.41. The Balaban J connectivity index is 2.41. The van der Waals surface area contributed by atoms with Gasteiger partial charge in [0.2, 0.25) is 0 Å². The molecule has 11 nitrogen and oxygen atoms in total. The van der Waals surface area contributed by atoms with Gasteiger partial charge in [0, 0.05) is 18.8 Å². The van der Waals surface area contributed by atoms with E-state index in [1.165, 1.54) is 19.3 Å². The SMILES string of the molecule is CCCCC/C=C\C/C=C\C/C=C\C/C=C\C/C=C\CCC(=O)OC[C@H](COP(=O)(O)O)OC(=O)C/C=C\C[C@H]1[C@@H](/C=C/[C@H](O)CCCCC)[C@H](O)C[C@@H]1O. The van der Waals surface area contributed by atoms with Crippen molar-refractivity contribution in [3.05, 3.63) is 85.1 Å². The minimum atomic E-state index is -4.87. The number of allylic oxidation sites excluding steroid dienone is 11. The summed E-state index contributed by atoms with van der Waals surface area (Å²) in [6, 6.07) is 0. The van der Waals surface area contributed by atoms with Crippen LogP contribution in [0.2, 0.25) is 0 Å². The van der Waals surface area contributed by atoms with Gasteiger partial charge in [-0.1, -0.05) is 131 Å². The Morgan fingerprint density at radius 2 is 1.31 bits per heavy atom. The number of aliphatic hydroxyl groups excluding tert-OH is 3. The maximum Gasteiger partial charge on any atom is 0.469 e. The predicted molar refractivity (Wildman–Crippen MR) is 218 cm³/mol. The van der Waals surface area contributed by atoms with Gasteiger partial charge in [0.1, 0.15) is 6.61 Å². The molecule has 312 valence electrons. The number of unbranched alkanes of at least 4 members (excludes halogenated alkanes) is 5. The molecule has 12 heteroatoms. The van der Waals surface area contributed by atoms with E-state index >= 15 is 0 Å². The van der Waals surface area contributed by atoms with Gasteiger partial charge in [0.25, 0.3) is 0 Å². The standard InChI is InChI=1S/C43H69O11P/c1-3-5-7-8-9-10-11-12-13-14-15-16-17-18-19-20-21-22-24-29-42(47)52-34-37(35-53-55(49,50)51)54-43(48)30-26-25-28-38-39(41(46)33-40(38)45)32-31-36(44)27-23-6-4-2/h9-10,12-13,15-16,18-19,21-22,25-26,31-32,36-41,44-46H,3-8,11,14,17,20,23-24,27-30,33-35H2,1-2H3,(H2,49,50,51)/b10-9-,13-12-,16-15-,19-18-,22-21-,26-25-,32-31+/t36-,37-,38+,39-,40+,41-/m1/s1. The molecule has 0 spiro atoms. The number of aliphatic hydroxyl groups is 3. The lowest BCUT2D eigenvalue weighted by Gasteiger charge is -2.20. The largest absolute Gasteiger partial charge is 0.469 e. The van der Waals surface area contributed by atoms with Crippen molar-refractivity contribution in [1.29, 1.82) is 0 Å². The van der Waals surface area contributed by atoms with Crippen LogP contribution in [0, 0.1) is 11.8 Å². The maximum atomic E-state index is 12.5. The van der Waals surface area contributed by atoms with Gasteiger partial charge in [-0.3, -0.25) is 14.1 Å². The molecule has 0 radical (unpaired) electrons. The Morgan fingerprint density at radius 3 is 1.91 bits per heavy atom. The number of carbonyl (C=O) groups excluding carboxylic acids is 2. The second-order valence-corrected chi connectivity index (χ2v) is 15.1. The topological polar surface area (TPSA) is 180 Å². The van der Waals surface area contributed by atoms with Crippen LogP contribution in [0.1, 0.15) is 123 Å². The smallest absolute Gasteiger partial charge is 0.462 e. The van der Waals surface area contributed by atoms with Crippen LogP contribution in [0.15, 0.2) is 85.1 Å². The molecule has 1 fully saturated rings. The molecule has 0 amide bonds. The fourth-order valence-electron chi connectivity index (χ4n) is 5.92. The Bertz CT molecular complexity index is 1280. The van der Waals surface area contributed by atoms with Gasteiger partial charge < -0.3 is 34.6 Å². The van der Waals surface area contributed by atoms with Gasteiger partial charge in [-0.25, -0.2) is 4.57 Å². The summed E-state index contributed by atoms with van der Waals surface area (Å²) in [5.74, 6) is -1.95. The molecule has 0 saturated heterocycles. The first-order valence-electron chi connectivity index (χ1n) is 20.1. The molecule has 0 aromatic rings. The number of carbonyl (C=O) groups is 2. The molecule has 55 heavy (non-hydrogen) atoms. The van der Waals surface area contributed by atoms with Crippen molar-refractivity contribution < 1.29 is 53.3 Å². The third-order valence-corrected chi connectivity index (χ3v) is 9.49. The van der Waals surface area contributed by atoms with E-state index in [4.69, 9.17) is 19.3 Å². The number of phosphoric acid groups is 1. The van der Waals surface area contributed by atoms with Crippen LogP contribution in [-0.2, 0) is 28.2 Å². The van der Waals surface area contributed by atoms with Crippen molar-refractivity contribution in [3.63, 3.8) is 0 Å². The molecule has 6 atom stereocenters. The van der Waals surface area contributed by atoms with Gasteiger partial charge in [-0.15, -0.1) is 0 Å². The zero-order valence-electron chi connectivity index (χ0n) is 33.1. The summed E-state index contributed by atoms with van der Waals surface area (Å²) in [6.07, 6.45) is 37.3. The molecule has 0 aromatic carbocycles. The van der Waals surface area contributed by atoms with Crippen LogP contribution in [0.25, 0.3) is 0 Å². The first-order valence-corrected chi connectivity index (χ1v) is 21.7. The van der Waals surface area contributed by atoms with Gasteiger partial charge >= 0.3 is 19.8 Å². The molecule has 1 saturated carbocycles. The zero-order valence-corrected chi connectivity index (χ0v) is 34.0. The van der Waals surface area contributed by atoms with Crippen molar-refractivity contribution in [1.82, 2.24) is 0 Å². The lowest BCUT2D eigenvalue weighted by Crippen LogP contribution is -2.29. The molecule has 0 aliphatic heterocycles. The third-order valence-electron chi connectivity index (χ3n) is 9.00. The van der Waals surface area contributed by atoms with Crippen molar-refractivity contribution in [2.75, 3.05) is 13.2 Å². The molecule has 0 aromatic heterocycles. The maximum absolute atomic E-state index is 12.5. The molecule has 0 unspecified atom stereocenters. The fourth-order valence-corrected chi connectivity index (χ4v) is 6.28. The summed E-state index contributed by atoms with van der Waals surface area (Å²) in [7, 11) is -4.87. The Morgan fingerprint density at radius 1 is 0.727 bits per heavy atom. The predicted octanol–water partition coefficient (Wildman–Crippen LogP) is 8.44. The summed E-state index contributed by atoms with van der Waals surface area (Å²) in [5, 5.41) is 31.2. The fraction of sp³-hybridized carbons (Fsp3) is 0.628. The van der Waals surface area contributed by atoms with E-state index in [1.54, 1.807) is 24.3 Å². The lowest BCUT2D eigenvalue weighted by molar-refractivity contribution is -0.160. The molecular formula is C43H69O11P. The van der Waals surface area contributed by atoms with Gasteiger partial charge in [0.15, 0.2) is 6.10 Å². The van der Waals surface area contributed by atoms with E-state index in [9.17, 15) is 29.5 Å². The van der Waals surface area contributed by atoms with E-state index in [-0.39, 0.29) is 31.1 Å². The van der Waals surface area contributed by atoms with Gasteiger partial charge in [-0.05, 0) is 63.7 Å². The quantitative estimate of drug-likeness (QED) is 0.0197. The number of esters is 2. The second-order valence-electron chi connectivity index (χ2n) is 13.9. The highest BCUT2D eigenvalue weighted by Gasteiger charge is 2.39. The summed E-state index contributed by atoms with van der Waals surface area (Å²) >= 11 is 0. The van der Waals surface area contributed by atoms with Crippen molar-refractivity contribution in [3.8, 4) is 0 Å². The summed E-state index contributed by atoms with van der Waals surface area (Å²) in [6.45, 7) is 3.19. The van der Waals surface area contributed by atoms with Crippen LogP contribution in [-0.4, -0.2) is 74.7 Å². The van der Waals surface area contributed by atoms with Crippen LogP contribution in [0.5, 0.6) is 0 Å². The van der Waals surface area contributed by atoms with Crippen LogP contribution in [0.4, 0.5) is 0 Å². The highest BCUT2D eigenvalue weighted by Crippen LogP contribution is 2.37. The van der Waals surface area contributed by atoms with Crippen LogP contribution < -0.4 is 0 Å². The monoisotopic (exact) mass is 792 g/mol. The van der Waals surface area contributed by atoms with Crippen molar-refractivity contribution in [2.45, 2.75) is 147 Å². The average molecular weight is 793 g/mol. The Kier molecular flexibility index (Phi) is 29.4. The zero-order chi connectivity index (χ0) is 40.6. The highest BCUT2D eigenvalue weighted by molar-refractivity contribution is 7.46. The number of ether oxygens (including phenoxy) is 2. The lowest BCUT2D eigenvalue weighted by atomic mass is 9.89. The van der Waals surface area contributed by atoms with E-state index in [1.807, 2.05) is 18.2 Å². The van der Waals surface area contributed by atoms with E-state index in [0.717, 1.165) is 51.4 Å². The molecule has 0 bridgehead atoms. The Hall–Kier alpha value is -2.89. The molecule has 0 heterocycles. The van der Waals surface area contributed by atoms with Gasteiger partial charge in [0.05, 0.1) is 31.3 Å². The number of phosphoric ester groups is 1. The van der Waals surface area contributed by atoms with E-state index < -0.39 is 57.4 Å². The summed E-state index contributed by atoms with van der Waals surface area (Å²) in [5.41, 5.74) is 0. The first kappa shape index (κ1) is 50.1. The third kappa shape index (κ3) is 28.2. The van der Waals surface area contributed by atoms with E-state index in [0.29, 0.717) is 19.3 Å². The Labute approximate surface area is 329 Å². The van der Waals surface area contributed by atoms with Crippen LogP contribution in [0.3, 0.4) is 0 Å². The molecule has 5 N–H and O–H groups in total.